The molecule has 118 valence electrons. The molecule has 0 atom stereocenters. The summed E-state index contributed by atoms with van der Waals surface area (Å²) >= 11 is 1.66. The lowest BCUT2D eigenvalue weighted by molar-refractivity contribution is -0.0517. The van der Waals surface area contributed by atoms with Gasteiger partial charge in [0.15, 0.2) is 0 Å². The molecule has 1 aliphatic heterocycles. The van der Waals surface area contributed by atoms with Crippen molar-refractivity contribution in [1.29, 1.82) is 0 Å². The lowest BCUT2D eigenvalue weighted by atomic mass is 10.2. The Morgan fingerprint density at radius 3 is 2.64 bits per heavy atom. The van der Waals surface area contributed by atoms with Gasteiger partial charge in [0, 0.05) is 48.0 Å². The van der Waals surface area contributed by atoms with E-state index in [1.165, 1.54) is 6.20 Å². The maximum atomic E-state index is 12.5. The molecule has 1 aromatic carbocycles. The van der Waals surface area contributed by atoms with Gasteiger partial charge in [-0.1, -0.05) is 6.07 Å². The fourth-order valence-corrected chi connectivity index (χ4v) is 3.47. The number of fused-ring (bicyclic) bond motifs is 1. The number of ether oxygens (including phenoxy) is 1. The second-order valence-electron chi connectivity index (χ2n) is 5.17. The fraction of sp³-hybridized carbons (Fsp3) is 0.400. The zero-order valence-electron chi connectivity index (χ0n) is 12.2. The van der Waals surface area contributed by atoms with Gasteiger partial charge in [-0.2, -0.15) is 8.78 Å². The first kappa shape index (κ1) is 15.5. The second kappa shape index (κ2) is 6.76. The minimum Gasteiger partial charge on any atom is -0.416 e. The summed E-state index contributed by atoms with van der Waals surface area (Å²) in [6, 6.07) is 7.44. The average Bonchev–Trinajstić information content (AvgIpc) is 2.50. The molecule has 0 unspecified atom stereocenters. The molecule has 0 radical (unpaired) electrons. The largest absolute Gasteiger partial charge is 0.416 e. The predicted molar refractivity (Wildman–Crippen MR) is 83.3 cm³/mol. The molecule has 1 fully saturated rings. The van der Waals surface area contributed by atoms with E-state index in [2.05, 4.69) is 26.0 Å². The highest BCUT2D eigenvalue weighted by atomic mass is 32.2. The lowest BCUT2D eigenvalue weighted by Crippen LogP contribution is -2.40. The minimum absolute atomic E-state index is 0.0201. The van der Waals surface area contributed by atoms with E-state index in [-0.39, 0.29) is 5.88 Å². The van der Waals surface area contributed by atoms with Gasteiger partial charge >= 0.3 is 6.61 Å². The van der Waals surface area contributed by atoms with Crippen molar-refractivity contribution >= 4 is 22.7 Å². The monoisotopic (exact) mass is 325 g/mol. The van der Waals surface area contributed by atoms with E-state index in [0.29, 0.717) is 5.39 Å². The van der Waals surface area contributed by atoms with Crippen LogP contribution in [0.3, 0.4) is 0 Å². The first-order chi connectivity index (χ1) is 10.6. The maximum absolute atomic E-state index is 12.5. The van der Waals surface area contributed by atoms with Crippen molar-refractivity contribution in [2.45, 2.75) is 11.5 Å². The molecule has 4 nitrogen and oxygen atoms in total. The molecule has 0 N–H and O–H groups in total. The molecule has 22 heavy (non-hydrogen) atoms. The third kappa shape index (κ3) is 3.48. The Morgan fingerprint density at radius 1 is 1.14 bits per heavy atom. The van der Waals surface area contributed by atoms with Crippen LogP contribution in [0.1, 0.15) is 0 Å². The molecule has 1 saturated heterocycles. The smallest absolute Gasteiger partial charge is 0.388 e. The summed E-state index contributed by atoms with van der Waals surface area (Å²) in [7, 11) is 2.11. The lowest BCUT2D eigenvalue weighted by Gasteiger charge is -2.31. The molecule has 0 saturated carbocycles. The van der Waals surface area contributed by atoms with E-state index < -0.39 is 6.61 Å². The predicted octanol–water partition coefficient (Wildman–Crippen LogP) is 3.09. The van der Waals surface area contributed by atoms with Crippen LogP contribution in [0.15, 0.2) is 35.4 Å². The minimum atomic E-state index is -2.87. The topological polar surface area (TPSA) is 28.6 Å². The number of hydrogen-bond acceptors (Lipinski definition) is 5. The van der Waals surface area contributed by atoms with Crippen molar-refractivity contribution in [3.8, 4) is 5.88 Å². The highest BCUT2D eigenvalue weighted by Crippen LogP contribution is 2.34. The van der Waals surface area contributed by atoms with Crippen molar-refractivity contribution in [2.24, 2.45) is 0 Å². The molecule has 1 aromatic heterocycles. The van der Waals surface area contributed by atoms with Gasteiger partial charge in [-0.3, -0.25) is 0 Å². The van der Waals surface area contributed by atoms with Crippen LogP contribution < -0.4 is 4.74 Å². The summed E-state index contributed by atoms with van der Waals surface area (Å²) in [6.45, 7) is 1.14. The number of alkyl halides is 2. The summed E-state index contributed by atoms with van der Waals surface area (Å²) in [5.74, 6) is -0.0201. The van der Waals surface area contributed by atoms with E-state index in [1.807, 2.05) is 18.2 Å². The maximum Gasteiger partial charge on any atom is 0.388 e. The number of piperazine rings is 1. The normalized spacial score (nSPS) is 17.3. The zero-order valence-corrected chi connectivity index (χ0v) is 13.0. The molecule has 2 aromatic rings. The number of likely N-dealkylation sites (N-methyl/N-ethyl adjacent to an activating group) is 1. The number of benzene rings is 1. The SMILES string of the molecule is CN1CCN(Sc2cccc3c(OC(F)F)nccc23)CC1. The van der Waals surface area contributed by atoms with Crippen LogP contribution in [0.4, 0.5) is 8.78 Å². The van der Waals surface area contributed by atoms with Crippen LogP contribution >= 0.6 is 11.9 Å². The van der Waals surface area contributed by atoms with Crippen LogP contribution in [-0.2, 0) is 0 Å². The zero-order chi connectivity index (χ0) is 15.5. The summed E-state index contributed by atoms with van der Waals surface area (Å²) in [5, 5.41) is 1.50. The summed E-state index contributed by atoms with van der Waals surface area (Å²) in [6.07, 6.45) is 1.51. The van der Waals surface area contributed by atoms with Gasteiger partial charge in [0.25, 0.3) is 0 Å². The van der Waals surface area contributed by atoms with Crippen LogP contribution in [0.2, 0.25) is 0 Å². The third-order valence-corrected chi connectivity index (χ3v) is 4.80. The number of hydrogen-bond donors (Lipinski definition) is 0. The van der Waals surface area contributed by atoms with Crippen LogP contribution in [-0.4, -0.2) is 54.0 Å². The molecule has 3 rings (SSSR count). The van der Waals surface area contributed by atoms with Crippen molar-refractivity contribution in [3.05, 3.63) is 30.5 Å². The third-order valence-electron chi connectivity index (χ3n) is 3.62. The number of pyridine rings is 1. The van der Waals surface area contributed by atoms with Gasteiger partial charge < -0.3 is 9.64 Å². The second-order valence-corrected chi connectivity index (χ2v) is 6.31. The molecule has 0 bridgehead atoms. The summed E-state index contributed by atoms with van der Waals surface area (Å²) < 4.78 is 31.8. The Labute approximate surface area is 132 Å². The van der Waals surface area contributed by atoms with E-state index in [0.717, 1.165) is 36.5 Å². The Kier molecular flexibility index (Phi) is 4.75. The number of rotatable bonds is 4. The Bertz CT molecular complexity index is 648. The van der Waals surface area contributed by atoms with Gasteiger partial charge in [0.1, 0.15) is 0 Å². The summed E-state index contributed by atoms with van der Waals surface area (Å²) in [5.41, 5.74) is 0. The molecular weight excluding hydrogens is 308 g/mol. The Hall–Kier alpha value is -1.44. The van der Waals surface area contributed by atoms with Crippen LogP contribution in [0.25, 0.3) is 10.8 Å². The van der Waals surface area contributed by atoms with Gasteiger partial charge in [0.2, 0.25) is 5.88 Å². The molecule has 0 aliphatic carbocycles. The van der Waals surface area contributed by atoms with Crippen LogP contribution in [0.5, 0.6) is 5.88 Å². The van der Waals surface area contributed by atoms with Gasteiger partial charge in [-0.05, 0) is 37.2 Å². The van der Waals surface area contributed by atoms with Crippen LogP contribution in [0, 0.1) is 0 Å². The van der Waals surface area contributed by atoms with Gasteiger partial charge in [-0.15, -0.1) is 0 Å². The number of aromatic nitrogens is 1. The first-order valence-electron chi connectivity index (χ1n) is 7.07. The number of nitrogens with zero attached hydrogens (tertiary/aromatic N) is 3. The molecular formula is C15H17F2N3OS. The van der Waals surface area contributed by atoms with E-state index in [4.69, 9.17) is 0 Å². The molecule has 7 heteroatoms. The Morgan fingerprint density at radius 2 is 1.91 bits per heavy atom. The molecule has 0 spiro atoms. The van der Waals surface area contributed by atoms with E-state index in [1.54, 1.807) is 18.0 Å². The molecule has 0 amide bonds. The van der Waals surface area contributed by atoms with Crippen molar-refractivity contribution in [1.82, 2.24) is 14.2 Å². The van der Waals surface area contributed by atoms with Crippen molar-refractivity contribution < 1.29 is 13.5 Å². The van der Waals surface area contributed by atoms with Gasteiger partial charge in [0.05, 0.1) is 0 Å². The standard InChI is InChI=1S/C15H17F2N3OS/c1-19-7-9-20(10-8-19)22-13-4-2-3-12-11(13)5-6-18-14(12)21-15(16)17/h2-6,15H,7-10H2,1H3. The molecule has 1 aliphatic rings. The highest BCUT2D eigenvalue weighted by molar-refractivity contribution is 7.97. The molecule has 2 heterocycles. The average molecular weight is 325 g/mol. The highest BCUT2D eigenvalue weighted by Gasteiger charge is 2.17. The first-order valence-corrected chi connectivity index (χ1v) is 7.85. The quantitative estimate of drug-likeness (QED) is 0.806. The van der Waals surface area contributed by atoms with Gasteiger partial charge in [-0.25, -0.2) is 9.29 Å². The van der Waals surface area contributed by atoms with E-state index >= 15 is 0 Å². The van der Waals surface area contributed by atoms with E-state index in [9.17, 15) is 8.78 Å². The summed E-state index contributed by atoms with van der Waals surface area (Å²) in [4.78, 5) is 7.23. The number of halogens is 2. The fourth-order valence-electron chi connectivity index (χ4n) is 2.43. The Balaban J connectivity index is 1.87. The van der Waals surface area contributed by atoms with Crippen molar-refractivity contribution in [2.75, 3.05) is 33.2 Å². The van der Waals surface area contributed by atoms with Crippen molar-refractivity contribution in [3.63, 3.8) is 0 Å².